The van der Waals surface area contributed by atoms with Crippen molar-refractivity contribution in [1.29, 1.82) is 0 Å². The van der Waals surface area contributed by atoms with Gasteiger partial charge in [-0.05, 0) is 49.9 Å². The molecule has 5 nitrogen and oxygen atoms in total. The van der Waals surface area contributed by atoms with E-state index in [1.165, 1.54) is 5.56 Å². The number of rotatable bonds is 4. The summed E-state index contributed by atoms with van der Waals surface area (Å²) >= 11 is 0. The fourth-order valence-corrected chi connectivity index (χ4v) is 3.59. The first-order valence-electron chi connectivity index (χ1n) is 9.45. The lowest BCUT2D eigenvalue weighted by Gasteiger charge is -2.20. The van der Waals surface area contributed by atoms with Gasteiger partial charge >= 0.3 is 6.09 Å². The highest BCUT2D eigenvalue weighted by Gasteiger charge is 2.29. The molecular formula is C22H23N3O2. The largest absolute Gasteiger partial charge is 0.416 e. The van der Waals surface area contributed by atoms with Crippen LogP contribution in [-0.4, -0.2) is 33.9 Å². The second kappa shape index (κ2) is 7.27. The number of fused-ring (bicyclic) bond motifs is 3. The highest BCUT2D eigenvalue weighted by Crippen LogP contribution is 2.41. The Morgan fingerprint density at radius 3 is 2.48 bits per heavy atom. The molecule has 0 radical (unpaired) electrons. The smallest absolute Gasteiger partial charge is 0.390 e. The van der Waals surface area contributed by atoms with Gasteiger partial charge < -0.3 is 9.64 Å². The Hall–Kier alpha value is -3.08. The van der Waals surface area contributed by atoms with E-state index in [1.807, 2.05) is 56.3 Å². The Morgan fingerprint density at radius 2 is 1.74 bits per heavy atom. The average Bonchev–Trinajstić information content (AvgIpc) is 3.08. The summed E-state index contributed by atoms with van der Waals surface area (Å²) < 4.78 is 7.68. The number of carbonyl (C=O) groups excluding carboxylic acids is 1. The van der Waals surface area contributed by atoms with Crippen molar-refractivity contribution >= 4 is 6.09 Å². The number of nitrogens with zero attached hydrogens (tertiary/aromatic N) is 3. The molecule has 5 heteroatoms. The Kier molecular flexibility index (Phi) is 4.67. The molecule has 0 saturated carbocycles. The summed E-state index contributed by atoms with van der Waals surface area (Å²) in [5, 5.41) is 4.80. The Morgan fingerprint density at radius 1 is 1.04 bits per heavy atom. The van der Waals surface area contributed by atoms with Crippen molar-refractivity contribution in [2.45, 2.75) is 26.7 Å². The number of carbonyl (C=O) groups is 1. The van der Waals surface area contributed by atoms with Gasteiger partial charge in [-0.25, -0.2) is 4.79 Å². The van der Waals surface area contributed by atoms with Crippen molar-refractivity contribution in [3.05, 3.63) is 65.9 Å². The second-order valence-electron chi connectivity index (χ2n) is 6.57. The number of benzene rings is 2. The third kappa shape index (κ3) is 3.10. The summed E-state index contributed by atoms with van der Waals surface area (Å²) in [7, 11) is 0. The maximum atomic E-state index is 12.7. The van der Waals surface area contributed by atoms with Crippen molar-refractivity contribution in [2.75, 3.05) is 13.1 Å². The standard InChI is InChI=1S/C22H23N3O2/c1-3-24(4-2)22(26)27-21-20-18-13-9-8-10-16(18)14-15-19(20)23-25(21)17-11-6-5-7-12-17/h5-13H,3-4,14-15H2,1-2H3. The molecule has 0 bridgehead atoms. The van der Waals surface area contributed by atoms with Gasteiger partial charge in [-0.2, -0.15) is 9.78 Å². The maximum Gasteiger partial charge on any atom is 0.416 e. The van der Waals surface area contributed by atoms with E-state index in [0.717, 1.165) is 35.3 Å². The van der Waals surface area contributed by atoms with Gasteiger partial charge in [0.2, 0.25) is 5.88 Å². The molecule has 1 amide bonds. The molecular weight excluding hydrogens is 338 g/mol. The SMILES string of the molecule is CCN(CC)C(=O)Oc1c2c(nn1-c1ccccc1)CCc1ccccc1-2. The van der Waals surface area contributed by atoms with Crippen LogP contribution in [-0.2, 0) is 12.8 Å². The van der Waals surface area contributed by atoms with Crippen molar-refractivity contribution in [2.24, 2.45) is 0 Å². The lowest BCUT2D eigenvalue weighted by Crippen LogP contribution is -2.33. The summed E-state index contributed by atoms with van der Waals surface area (Å²) in [6.07, 6.45) is 1.43. The summed E-state index contributed by atoms with van der Waals surface area (Å²) in [4.78, 5) is 14.4. The predicted molar refractivity (Wildman–Crippen MR) is 105 cm³/mol. The minimum absolute atomic E-state index is 0.345. The predicted octanol–water partition coefficient (Wildman–Crippen LogP) is 4.48. The van der Waals surface area contributed by atoms with Crippen LogP contribution in [0.5, 0.6) is 5.88 Å². The highest BCUT2D eigenvalue weighted by molar-refractivity contribution is 5.81. The van der Waals surface area contributed by atoms with Crippen LogP contribution in [0.2, 0.25) is 0 Å². The lowest BCUT2D eigenvalue weighted by atomic mass is 9.90. The fourth-order valence-electron chi connectivity index (χ4n) is 3.59. The van der Waals surface area contributed by atoms with E-state index >= 15 is 0 Å². The topological polar surface area (TPSA) is 47.4 Å². The molecule has 4 rings (SSSR count). The minimum atomic E-state index is -0.345. The van der Waals surface area contributed by atoms with Crippen LogP contribution >= 0.6 is 0 Å². The zero-order valence-electron chi connectivity index (χ0n) is 15.7. The monoisotopic (exact) mass is 361 g/mol. The van der Waals surface area contributed by atoms with Crippen LogP contribution in [0.25, 0.3) is 16.8 Å². The van der Waals surface area contributed by atoms with Gasteiger partial charge in [0.1, 0.15) is 0 Å². The molecule has 3 aromatic rings. The van der Waals surface area contributed by atoms with Gasteiger partial charge in [0, 0.05) is 13.1 Å². The Bertz CT molecular complexity index is 959. The normalized spacial score (nSPS) is 12.2. The van der Waals surface area contributed by atoms with E-state index in [4.69, 9.17) is 9.84 Å². The number of aromatic nitrogens is 2. The summed E-state index contributed by atoms with van der Waals surface area (Å²) in [5.41, 5.74) is 5.15. The summed E-state index contributed by atoms with van der Waals surface area (Å²) in [6.45, 7) is 5.11. The molecule has 1 aliphatic carbocycles. The third-order valence-corrected chi connectivity index (χ3v) is 5.04. The molecule has 1 heterocycles. The quantitative estimate of drug-likeness (QED) is 0.688. The van der Waals surface area contributed by atoms with E-state index < -0.39 is 0 Å². The van der Waals surface area contributed by atoms with E-state index in [1.54, 1.807) is 9.58 Å². The molecule has 0 unspecified atom stereocenters. The van der Waals surface area contributed by atoms with E-state index in [-0.39, 0.29) is 6.09 Å². The molecule has 2 aromatic carbocycles. The van der Waals surface area contributed by atoms with Crippen LogP contribution in [0.15, 0.2) is 54.6 Å². The van der Waals surface area contributed by atoms with Crippen LogP contribution in [0.4, 0.5) is 4.79 Å². The van der Waals surface area contributed by atoms with E-state index in [9.17, 15) is 4.79 Å². The number of hydrogen-bond acceptors (Lipinski definition) is 3. The molecule has 138 valence electrons. The molecule has 0 N–H and O–H groups in total. The maximum absolute atomic E-state index is 12.7. The van der Waals surface area contributed by atoms with Crippen LogP contribution in [0.1, 0.15) is 25.1 Å². The number of ether oxygens (including phenoxy) is 1. The van der Waals surface area contributed by atoms with Gasteiger partial charge in [0.05, 0.1) is 16.9 Å². The lowest BCUT2D eigenvalue weighted by molar-refractivity contribution is 0.154. The van der Waals surface area contributed by atoms with Crippen molar-refractivity contribution in [1.82, 2.24) is 14.7 Å². The minimum Gasteiger partial charge on any atom is -0.390 e. The van der Waals surface area contributed by atoms with Gasteiger partial charge in [-0.3, -0.25) is 0 Å². The van der Waals surface area contributed by atoms with Crippen LogP contribution < -0.4 is 4.74 Å². The number of aryl methyl sites for hydroxylation is 2. The van der Waals surface area contributed by atoms with E-state index in [0.29, 0.717) is 19.0 Å². The van der Waals surface area contributed by atoms with Gasteiger partial charge in [-0.1, -0.05) is 42.5 Å². The molecule has 1 aliphatic rings. The number of amides is 1. The van der Waals surface area contributed by atoms with Crippen LogP contribution in [0.3, 0.4) is 0 Å². The third-order valence-electron chi connectivity index (χ3n) is 5.04. The van der Waals surface area contributed by atoms with Gasteiger partial charge in [0.25, 0.3) is 0 Å². The first-order chi connectivity index (χ1) is 13.2. The first-order valence-corrected chi connectivity index (χ1v) is 9.45. The van der Waals surface area contributed by atoms with Crippen molar-refractivity contribution < 1.29 is 9.53 Å². The average molecular weight is 361 g/mol. The zero-order chi connectivity index (χ0) is 18.8. The molecule has 0 fully saturated rings. The zero-order valence-corrected chi connectivity index (χ0v) is 15.7. The van der Waals surface area contributed by atoms with Crippen molar-refractivity contribution in [3.63, 3.8) is 0 Å². The molecule has 1 aromatic heterocycles. The van der Waals surface area contributed by atoms with Gasteiger partial charge in [-0.15, -0.1) is 0 Å². The molecule has 0 spiro atoms. The highest BCUT2D eigenvalue weighted by atomic mass is 16.6. The van der Waals surface area contributed by atoms with E-state index in [2.05, 4.69) is 12.1 Å². The molecule has 27 heavy (non-hydrogen) atoms. The second-order valence-corrected chi connectivity index (χ2v) is 6.57. The molecule has 0 atom stereocenters. The fraction of sp³-hybridized carbons (Fsp3) is 0.273. The first kappa shape index (κ1) is 17.3. The number of para-hydroxylation sites is 1. The number of hydrogen-bond donors (Lipinski definition) is 0. The Labute approximate surface area is 159 Å². The molecule has 0 saturated heterocycles. The van der Waals surface area contributed by atoms with Crippen LogP contribution in [0, 0.1) is 0 Å². The van der Waals surface area contributed by atoms with Gasteiger partial charge in [0.15, 0.2) is 0 Å². The summed E-state index contributed by atoms with van der Waals surface area (Å²) in [5.74, 6) is 0.500. The van der Waals surface area contributed by atoms with Crippen molar-refractivity contribution in [3.8, 4) is 22.7 Å². The Balaban J connectivity index is 1.87. The molecule has 0 aliphatic heterocycles. The summed E-state index contributed by atoms with van der Waals surface area (Å²) in [6, 6.07) is 18.1.